The molecule has 1 aromatic heterocycles. The van der Waals surface area contributed by atoms with E-state index in [1.807, 2.05) is 0 Å². The van der Waals surface area contributed by atoms with Gasteiger partial charge in [0.25, 0.3) is 5.91 Å². The van der Waals surface area contributed by atoms with Crippen molar-refractivity contribution in [2.45, 2.75) is 6.18 Å². The molecule has 0 atom stereocenters. The maximum absolute atomic E-state index is 13.0. The van der Waals surface area contributed by atoms with Crippen LogP contribution in [0.5, 0.6) is 0 Å². The minimum Gasteiger partial charge on any atom is -0.355 e. The molecule has 0 fully saturated rings. The number of halogens is 3. The van der Waals surface area contributed by atoms with E-state index >= 15 is 0 Å². The molecule has 0 saturated carbocycles. The highest BCUT2D eigenvalue weighted by molar-refractivity contribution is 5.97. The third-order valence-corrected chi connectivity index (χ3v) is 3.57. The second kappa shape index (κ2) is 5.42. The summed E-state index contributed by atoms with van der Waals surface area (Å²) in [7, 11) is 1.51. The largest absolute Gasteiger partial charge is 0.416 e. The van der Waals surface area contributed by atoms with E-state index in [1.54, 1.807) is 24.3 Å². The summed E-state index contributed by atoms with van der Waals surface area (Å²) in [4.78, 5) is 11.5. The van der Waals surface area contributed by atoms with Gasteiger partial charge < -0.3 is 5.32 Å². The van der Waals surface area contributed by atoms with Crippen molar-refractivity contribution in [2.75, 3.05) is 7.05 Å². The van der Waals surface area contributed by atoms with Crippen molar-refractivity contribution >= 4 is 16.8 Å². The molecule has 0 unspecified atom stereocenters. The number of nitrogens with zero attached hydrogens (tertiary/aromatic N) is 1. The number of amides is 1. The van der Waals surface area contributed by atoms with Crippen molar-refractivity contribution in [3.63, 3.8) is 0 Å². The number of alkyl halides is 3. The highest BCUT2D eigenvalue weighted by Crippen LogP contribution is 2.36. The monoisotopic (exact) mass is 319 g/mol. The lowest BCUT2D eigenvalue weighted by molar-refractivity contribution is -0.137. The normalized spacial score (nSPS) is 11.7. The summed E-state index contributed by atoms with van der Waals surface area (Å²) in [5, 5.41) is 9.46. The molecule has 7 heteroatoms. The fourth-order valence-electron chi connectivity index (χ4n) is 2.40. The van der Waals surface area contributed by atoms with E-state index in [4.69, 9.17) is 0 Å². The molecule has 2 aromatic carbocycles. The van der Waals surface area contributed by atoms with Crippen molar-refractivity contribution in [3.05, 3.63) is 53.7 Å². The second-order valence-corrected chi connectivity index (χ2v) is 5.01. The number of H-pyrrole nitrogens is 1. The summed E-state index contributed by atoms with van der Waals surface area (Å²) >= 11 is 0. The molecule has 118 valence electrons. The molecule has 0 bridgehead atoms. The van der Waals surface area contributed by atoms with E-state index in [1.165, 1.54) is 13.2 Å². The standard InChI is InChI=1S/C16H12F3N3O/c1-20-15(23)10-4-2-9(3-5-10)12-6-11(16(17,18)19)7-14-13(12)8-21-22-14/h2-8H,1H3,(H,20,23)(H,21,22). The number of carbonyl (C=O) groups is 1. The maximum atomic E-state index is 13.0. The van der Waals surface area contributed by atoms with Crippen molar-refractivity contribution in [3.8, 4) is 11.1 Å². The molecule has 0 aliphatic heterocycles. The molecule has 0 radical (unpaired) electrons. The minimum absolute atomic E-state index is 0.256. The van der Waals surface area contributed by atoms with E-state index in [0.29, 0.717) is 27.6 Å². The predicted octanol–water partition coefficient (Wildman–Crippen LogP) is 3.61. The number of carbonyl (C=O) groups excluding carboxylic acids is 1. The number of nitrogens with one attached hydrogen (secondary N) is 2. The second-order valence-electron chi connectivity index (χ2n) is 5.01. The van der Waals surface area contributed by atoms with Crippen LogP contribution >= 0.6 is 0 Å². The molecule has 0 aliphatic carbocycles. The minimum atomic E-state index is -4.45. The lowest BCUT2D eigenvalue weighted by atomic mass is 9.98. The van der Waals surface area contributed by atoms with Crippen molar-refractivity contribution in [1.29, 1.82) is 0 Å². The van der Waals surface area contributed by atoms with E-state index in [2.05, 4.69) is 15.5 Å². The summed E-state index contributed by atoms with van der Waals surface area (Å²) in [5.41, 5.74) is 0.985. The van der Waals surface area contributed by atoms with Gasteiger partial charge in [-0.3, -0.25) is 9.89 Å². The van der Waals surface area contributed by atoms with Crippen LogP contribution in [0.3, 0.4) is 0 Å². The number of aromatic amines is 1. The third-order valence-electron chi connectivity index (χ3n) is 3.57. The zero-order chi connectivity index (χ0) is 16.6. The molecule has 0 spiro atoms. The zero-order valence-corrected chi connectivity index (χ0v) is 12.0. The van der Waals surface area contributed by atoms with Crippen molar-refractivity contribution < 1.29 is 18.0 Å². The van der Waals surface area contributed by atoms with Gasteiger partial charge in [0, 0.05) is 18.0 Å². The smallest absolute Gasteiger partial charge is 0.355 e. The molecule has 23 heavy (non-hydrogen) atoms. The SMILES string of the molecule is CNC(=O)c1ccc(-c2cc(C(F)(F)F)cc3[nH]ncc23)cc1. The number of fused-ring (bicyclic) bond motifs is 1. The van der Waals surface area contributed by atoms with E-state index in [0.717, 1.165) is 12.1 Å². The van der Waals surface area contributed by atoms with E-state index in [9.17, 15) is 18.0 Å². The van der Waals surface area contributed by atoms with Crippen LogP contribution in [0, 0.1) is 0 Å². The fraction of sp³-hybridized carbons (Fsp3) is 0.125. The molecule has 4 nitrogen and oxygen atoms in total. The Kier molecular flexibility index (Phi) is 3.55. The molecule has 0 aliphatic rings. The molecule has 1 heterocycles. The number of hydrogen-bond donors (Lipinski definition) is 2. The van der Waals surface area contributed by atoms with Crippen LogP contribution in [-0.2, 0) is 6.18 Å². The first-order valence-corrected chi connectivity index (χ1v) is 6.77. The van der Waals surface area contributed by atoms with Crippen LogP contribution in [-0.4, -0.2) is 23.2 Å². The number of rotatable bonds is 2. The lowest BCUT2D eigenvalue weighted by Crippen LogP contribution is -2.17. The first-order chi connectivity index (χ1) is 10.9. The first kappa shape index (κ1) is 15.1. The van der Waals surface area contributed by atoms with Crippen molar-refractivity contribution in [2.24, 2.45) is 0 Å². The van der Waals surface area contributed by atoms with Gasteiger partial charge in [-0.15, -0.1) is 0 Å². The Balaban J connectivity index is 2.15. The maximum Gasteiger partial charge on any atom is 0.416 e. The Morgan fingerprint density at radius 1 is 1.17 bits per heavy atom. The Bertz CT molecular complexity index is 866. The zero-order valence-electron chi connectivity index (χ0n) is 12.0. The summed E-state index contributed by atoms with van der Waals surface area (Å²) < 4.78 is 39.1. The predicted molar refractivity (Wildman–Crippen MR) is 79.9 cm³/mol. The molecule has 3 aromatic rings. The molecule has 1 amide bonds. The first-order valence-electron chi connectivity index (χ1n) is 6.77. The Morgan fingerprint density at radius 3 is 2.48 bits per heavy atom. The van der Waals surface area contributed by atoms with Crippen LogP contribution in [0.2, 0.25) is 0 Å². The lowest BCUT2D eigenvalue weighted by Gasteiger charge is -2.11. The van der Waals surface area contributed by atoms with Crippen LogP contribution in [0.4, 0.5) is 13.2 Å². The van der Waals surface area contributed by atoms with Crippen LogP contribution in [0.1, 0.15) is 15.9 Å². The van der Waals surface area contributed by atoms with Crippen LogP contribution in [0.25, 0.3) is 22.0 Å². The highest BCUT2D eigenvalue weighted by atomic mass is 19.4. The highest BCUT2D eigenvalue weighted by Gasteiger charge is 2.31. The molecule has 2 N–H and O–H groups in total. The van der Waals surface area contributed by atoms with E-state index < -0.39 is 11.7 Å². The van der Waals surface area contributed by atoms with E-state index in [-0.39, 0.29) is 5.91 Å². The van der Waals surface area contributed by atoms with Gasteiger partial charge >= 0.3 is 6.18 Å². The van der Waals surface area contributed by atoms with Gasteiger partial charge in [-0.05, 0) is 35.4 Å². The van der Waals surface area contributed by atoms with Gasteiger partial charge in [0.2, 0.25) is 0 Å². The van der Waals surface area contributed by atoms with Crippen molar-refractivity contribution in [1.82, 2.24) is 15.5 Å². The number of aromatic nitrogens is 2. The van der Waals surface area contributed by atoms with Gasteiger partial charge in [0.1, 0.15) is 0 Å². The Hall–Kier alpha value is -2.83. The number of benzene rings is 2. The van der Waals surface area contributed by atoms with Gasteiger partial charge in [0.05, 0.1) is 17.3 Å². The van der Waals surface area contributed by atoms with Gasteiger partial charge in [-0.1, -0.05) is 12.1 Å². The Labute approximate surface area is 129 Å². The van der Waals surface area contributed by atoms with Gasteiger partial charge in [0.15, 0.2) is 0 Å². The Morgan fingerprint density at radius 2 is 1.87 bits per heavy atom. The summed E-state index contributed by atoms with van der Waals surface area (Å²) in [6.45, 7) is 0. The summed E-state index contributed by atoms with van der Waals surface area (Å²) in [5.74, 6) is -0.256. The summed E-state index contributed by atoms with van der Waals surface area (Å²) in [6, 6.07) is 8.50. The van der Waals surface area contributed by atoms with Crippen LogP contribution in [0.15, 0.2) is 42.6 Å². The van der Waals surface area contributed by atoms with Gasteiger partial charge in [-0.25, -0.2) is 0 Å². The van der Waals surface area contributed by atoms with Gasteiger partial charge in [-0.2, -0.15) is 18.3 Å². The topological polar surface area (TPSA) is 57.8 Å². The van der Waals surface area contributed by atoms with Crippen LogP contribution < -0.4 is 5.32 Å². The quantitative estimate of drug-likeness (QED) is 0.758. The molecule has 0 saturated heterocycles. The average Bonchev–Trinajstić information content (AvgIpc) is 3.01. The average molecular weight is 319 g/mol. The molecular weight excluding hydrogens is 307 g/mol. The molecule has 3 rings (SSSR count). The fourth-order valence-corrected chi connectivity index (χ4v) is 2.40. The number of hydrogen-bond acceptors (Lipinski definition) is 2. The molecular formula is C16H12F3N3O. The summed E-state index contributed by atoms with van der Waals surface area (Å²) in [6.07, 6.45) is -2.96. The third kappa shape index (κ3) is 2.77.